The van der Waals surface area contributed by atoms with Gasteiger partial charge in [-0.25, -0.2) is 0 Å². The summed E-state index contributed by atoms with van der Waals surface area (Å²) in [4.78, 5) is 14.5. The SMILES string of the molecule is CCN(CC(=O)Nc1ccc(-c2nn[nH]n2)cc1)c1cccc(C)c1C. The zero-order valence-electron chi connectivity index (χ0n) is 15.2. The number of aryl methyl sites for hydroxylation is 1. The molecule has 3 rings (SSSR count). The molecule has 134 valence electrons. The van der Waals surface area contributed by atoms with Crippen molar-refractivity contribution < 1.29 is 4.79 Å². The van der Waals surface area contributed by atoms with Crippen LogP contribution in [0, 0.1) is 13.8 Å². The standard InChI is InChI=1S/C19H22N6O/c1-4-25(17-7-5-6-13(2)14(17)3)12-18(26)20-16-10-8-15(9-11-16)19-21-23-24-22-19/h5-11H,4,12H2,1-3H3,(H,20,26)(H,21,22,23,24). The molecular weight excluding hydrogens is 328 g/mol. The minimum atomic E-state index is -0.0555. The van der Waals surface area contributed by atoms with Gasteiger partial charge in [0, 0.05) is 23.5 Å². The molecule has 1 amide bonds. The molecule has 0 spiro atoms. The Kier molecular flexibility index (Phi) is 5.26. The highest BCUT2D eigenvalue weighted by molar-refractivity contribution is 5.94. The van der Waals surface area contributed by atoms with Crippen molar-refractivity contribution in [2.45, 2.75) is 20.8 Å². The summed E-state index contributed by atoms with van der Waals surface area (Å²) in [6.45, 7) is 7.27. The Bertz CT molecular complexity index is 874. The second-order valence-electron chi connectivity index (χ2n) is 6.09. The number of aromatic amines is 1. The lowest BCUT2D eigenvalue weighted by atomic mass is 10.1. The molecule has 26 heavy (non-hydrogen) atoms. The molecule has 0 saturated heterocycles. The minimum absolute atomic E-state index is 0.0555. The lowest BCUT2D eigenvalue weighted by Gasteiger charge is -2.25. The summed E-state index contributed by atoms with van der Waals surface area (Å²) in [5, 5.41) is 16.8. The molecule has 0 aliphatic rings. The fraction of sp³-hybridized carbons (Fsp3) is 0.263. The molecular formula is C19H22N6O. The Morgan fingerprint density at radius 2 is 1.92 bits per heavy atom. The first-order chi connectivity index (χ1) is 12.6. The van der Waals surface area contributed by atoms with Crippen LogP contribution in [0.2, 0.25) is 0 Å². The monoisotopic (exact) mass is 350 g/mol. The van der Waals surface area contributed by atoms with E-state index in [1.807, 2.05) is 30.3 Å². The first-order valence-corrected chi connectivity index (χ1v) is 8.53. The van der Waals surface area contributed by atoms with Gasteiger partial charge >= 0.3 is 0 Å². The molecule has 0 saturated carbocycles. The molecule has 0 unspecified atom stereocenters. The predicted molar refractivity (Wildman–Crippen MR) is 102 cm³/mol. The summed E-state index contributed by atoms with van der Waals surface area (Å²) in [6, 6.07) is 13.5. The molecule has 1 aromatic heterocycles. The first-order valence-electron chi connectivity index (χ1n) is 8.53. The van der Waals surface area contributed by atoms with Crippen molar-refractivity contribution in [2.24, 2.45) is 0 Å². The average Bonchev–Trinajstić information content (AvgIpc) is 3.17. The Morgan fingerprint density at radius 1 is 1.15 bits per heavy atom. The number of carbonyl (C=O) groups is 1. The number of nitrogens with zero attached hydrogens (tertiary/aromatic N) is 4. The highest BCUT2D eigenvalue weighted by Crippen LogP contribution is 2.23. The maximum atomic E-state index is 12.5. The normalized spacial score (nSPS) is 10.6. The number of hydrogen-bond donors (Lipinski definition) is 2. The van der Waals surface area contributed by atoms with E-state index in [9.17, 15) is 4.79 Å². The molecule has 1 heterocycles. The van der Waals surface area contributed by atoms with Crippen LogP contribution in [0.15, 0.2) is 42.5 Å². The van der Waals surface area contributed by atoms with E-state index in [4.69, 9.17) is 0 Å². The van der Waals surface area contributed by atoms with E-state index in [0.717, 1.165) is 23.5 Å². The maximum absolute atomic E-state index is 12.5. The van der Waals surface area contributed by atoms with E-state index in [0.29, 0.717) is 12.4 Å². The van der Waals surface area contributed by atoms with E-state index < -0.39 is 0 Å². The summed E-state index contributed by atoms with van der Waals surface area (Å²) in [7, 11) is 0. The zero-order chi connectivity index (χ0) is 18.5. The number of amides is 1. The fourth-order valence-electron chi connectivity index (χ4n) is 2.81. The quantitative estimate of drug-likeness (QED) is 0.714. The summed E-state index contributed by atoms with van der Waals surface area (Å²) in [5.74, 6) is 0.468. The van der Waals surface area contributed by atoms with Crippen molar-refractivity contribution in [3.8, 4) is 11.4 Å². The van der Waals surface area contributed by atoms with Gasteiger partial charge in [0.15, 0.2) is 0 Å². The number of likely N-dealkylation sites (N-methyl/N-ethyl adjacent to an activating group) is 1. The van der Waals surface area contributed by atoms with E-state index in [1.54, 1.807) is 0 Å². The Morgan fingerprint density at radius 3 is 2.58 bits per heavy atom. The van der Waals surface area contributed by atoms with Crippen molar-refractivity contribution in [1.82, 2.24) is 20.6 Å². The largest absolute Gasteiger partial charge is 0.362 e. The predicted octanol–water partition coefficient (Wildman–Crippen LogP) is 2.95. The number of carbonyl (C=O) groups excluding carboxylic acids is 1. The van der Waals surface area contributed by atoms with E-state index in [2.05, 4.69) is 63.7 Å². The number of benzene rings is 2. The van der Waals surface area contributed by atoms with Crippen molar-refractivity contribution in [2.75, 3.05) is 23.3 Å². The Labute approximate surface area is 152 Å². The number of rotatable bonds is 6. The van der Waals surface area contributed by atoms with Crippen LogP contribution in [0.4, 0.5) is 11.4 Å². The zero-order valence-corrected chi connectivity index (χ0v) is 15.2. The second kappa shape index (κ2) is 7.77. The highest BCUT2D eigenvalue weighted by Gasteiger charge is 2.13. The first kappa shape index (κ1) is 17.6. The molecule has 0 aliphatic carbocycles. The van der Waals surface area contributed by atoms with Gasteiger partial charge in [0.2, 0.25) is 11.7 Å². The van der Waals surface area contributed by atoms with Crippen molar-refractivity contribution in [1.29, 1.82) is 0 Å². The maximum Gasteiger partial charge on any atom is 0.243 e. The summed E-state index contributed by atoms with van der Waals surface area (Å²) in [5.41, 5.74) is 5.08. The molecule has 3 aromatic rings. The van der Waals surface area contributed by atoms with Gasteiger partial charge in [-0.2, -0.15) is 5.21 Å². The molecule has 7 heteroatoms. The van der Waals surface area contributed by atoms with Crippen LogP contribution in [0.1, 0.15) is 18.1 Å². The van der Waals surface area contributed by atoms with Gasteiger partial charge in [-0.1, -0.05) is 12.1 Å². The Balaban J connectivity index is 1.66. The average molecular weight is 350 g/mol. The van der Waals surface area contributed by atoms with Gasteiger partial charge in [-0.05, 0) is 67.4 Å². The third kappa shape index (κ3) is 3.88. The van der Waals surface area contributed by atoms with Gasteiger partial charge in [0.05, 0.1) is 6.54 Å². The third-order valence-corrected chi connectivity index (χ3v) is 4.41. The summed E-state index contributed by atoms with van der Waals surface area (Å²) >= 11 is 0. The number of aromatic nitrogens is 4. The topological polar surface area (TPSA) is 86.8 Å². The van der Waals surface area contributed by atoms with Gasteiger partial charge in [0.1, 0.15) is 0 Å². The molecule has 0 radical (unpaired) electrons. The number of hydrogen-bond acceptors (Lipinski definition) is 5. The number of anilines is 2. The molecule has 2 aromatic carbocycles. The summed E-state index contributed by atoms with van der Waals surface area (Å²) in [6.07, 6.45) is 0. The van der Waals surface area contributed by atoms with Crippen molar-refractivity contribution >= 4 is 17.3 Å². The van der Waals surface area contributed by atoms with Crippen molar-refractivity contribution in [3.63, 3.8) is 0 Å². The third-order valence-electron chi connectivity index (χ3n) is 4.41. The van der Waals surface area contributed by atoms with Gasteiger partial charge in [0.25, 0.3) is 0 Å². The van der Waals surface area contributed by atoms with E-state index in [-0.39, 0.29) is 5.91 Å². The minimum Gasteiger partial charge on any atom is -0.362 e. The van der Waals surface area contributed by atoms with E-state index >= 15 is 0 Å². The lowest BCUT2D eigenvalue weighted by Crippen LogP contribution is -2.33. The Hall–Kier alpha value is -3.22. The van der Waals surface area contributed by atoms with Gasteiger partial charge in [-0.15, -0.1) is 10.2 Å². The molecule has 7 nitrogen and oxygen atoms in total. The van der Waals surface area contributed by atoms with Gasteiger partial charge < -0.3 is 10.2 Å². The van der Waals surface area contributed by atoms with Crippen LogP contribution in [-0.4, -0.2) is 39.6 Å². The molecule has 0 atom stereocenters. The fourth-order valence-corrected chi connectivity index (χ4v) is 2.81. The summed E-state index contributed by atoms with van der Waals surface area (Å²) < 4.78 is 0. The van der Waals surface area contributed by atoms with Crippen LogP contribution in [-0.2, 0) is 4.79 Å². The second-order valence-corrected chi connectivity index (χ2v) is 6.09. The number of H-pyrrole nitrogens is 1. The van der Waals surface area contributed by atoms with Crippen LogP contribution in [0.25, 0.3) is 11.4 Å². The van der Waals surface area contributed by atoms with Crippen LogP contribution in [0.5, 0.6) is 0 Å². The smallest absolute Gasteiger partial charge is 0.243 e. The van der Waals surface area contributed by atoms with Crippen LogP contribution >= 0.6 is 0 Å². The van der Waals surface area contributed by atoms with Crippen LogP contribution in [0.3, 0.4) is 0 Å². The number of nitrogens with one attached hydrogen (secondary N) is 2. The molecule has 0 aliphatic heterocycles. The van der Waals surface area contributed by atoms with E-state index in [1.165, 1.54) is 11.1 Å². The lowest BCUT2D eigenvalue weighted by molar-refractivity contribution is -0.115. The highest BCUT2D eigenvalue weighted by atomic mass is 16.2. The van der Waals surface area contributed by atoms with Gasteiger partial charge in [-0.3, -0.25) is 4.79 Å². The molecule has 2 N–H and O–H groups in total. The molecule has 0 fully saturated rings. The molecule has 0 bridgehead atoms. The van der Waals surface area contributed by atoms with Crippen molar-refractivity contribution in [3.05, 3.63) is 53.6 Å². The van der Waals surface area contributed by atoms with Crippen LogP contribution < -0.4 is 10.2 Å². The number of tetrazole rings is 1.